The predicted octanol–water partition coefficient (Wildman–Crippen LogP) is 5.00. The normalized spacial score (nSPS) is 14.0. The molecule has 1 N–H and O–H groups in total. The van der Waals surface area contributed by atoms with Crippen LogP contribution in [-0.2, 0) is 6.42 Å². The lowest BCUT2D eigenvalue weighted by Crippen LogP contribution is -2.13. The smallest absolute Gasteiger partial charge is 0.319 e. The summed E-state index contributed by atoms with van der Waals surface area (Å²) in [6.45, 7) is -1.67. The van der Waals surface area contributed by atoms with Crippen molar-refractivity contribution in [2.75, 3.05) is 11.9 Å². The third-order valence-corrected chi connectivity index (χ3v) is 5.02. The Bertz CT molecular complexity index is 1130. The summed E-state index contributed by atoms with van der Waals surface area (Å²) in [6, 6.07) is 9.41. The lowest BCUT2D eigenvalue weighted by molar-refractivity contribution is 0.0796. The maximum Gasteiger partial charge on any atom is 0.319 e. The largest absolute Gasteiger partial charge is 0.370 e. The van der Waals surface area contributed by atoms with Gasteiger partial charge in [0.2, 0.25) is 0 Å². The first-order valence-electron chi connectivity index (χ1n) is 8.61. The lowest BCUT2D eigenvalue weighted by Gasteiger charge is -2.17. The molecule has 0 bridgehead atoms. The molecular weight excluding hydrogens is 334 g/mol. The minimum Gasteiger partial charge on any atom is -0.370 e. The average molecular weight is 350 g/mol. The molecule has 0 atom stereocenters. The van der Waals surface area contributed by atoms with E-state index in [-0.39, 0.29) is 0 Å². The van der Waals surface area contributed by atoms with Crippen molar-refractivity contribution in [3.63, 3.8) is 0 Å². The second-order valence-corrected chi connectivity index (χ2v) is 6.53. The molecule has 0 amide bonds. The van der Waals surface area contributed by atoms with Crippen molar-refractivity contribution >= 4 is 27.6 Å². The number of aromatic nitrogens is 3. The van der Waals surface area contributed by atoms with Gasteiger partial charge >= 0.3 is 6.55 Å². The first-order valence-corrected chi connectivity index (χ1v) is 8.61. The third kappa shape index (κ3) is 2.25. The van der Waals surface area contributed by atoms with Crippen LogP contribution in [0.25, 0.3) is 32.9 Å². The van der Waals surface area contributed by atoms with Gasteiger partial charge in [-0.2, -0.15) is 8.78 Å². The molecule has 0 saturated heterocycles. The van der Waals surface area contributed by atoms with Gasteiger partial charge in [-0.3, -0.25) is 9.55 Å². The molecule has 0 radical (unpaired) electrons. The summed E-state index contributed by atoms with van der Waals surface area (Å²) in [6.07, 6.45) is 7.04. The van der Waals surface area contributed by atoms with Gasteiger partial charge in [-0.25, -0.2) is 4.98 Å². The van der Waals surface area contributed by atoms with Crippen molar-refractivity contribution in [1.82, 2.24) is 14.5 Å². The average Bonchev–Trinajstić information content (AvgIpc) is 3.01. The van der Waals surface area contributed by atoms with E-state index in [2.05, 4.69) is 21.4 Å². The lowest BCUT2D eigenvalue weighted by atomic mass is 10.0. The Morgan fingerprint density at radius 2 is 1.92 bits per heavy atom. The number of aryl methyl sites for hydroxylation is 1. The van der Waals surface area contributed by atoms with Gasteiger partial charge < -0.3 is 5.32 Å². The zero-order chi connectivity index (χ0) is 17.7. The molecule has 0 saturated carbocycles. The van der Waals surface area contributed by atoms with Crippen LogP contribution in [0.2, 0.25) is 0 Å². The molecule has 3 aromatic heterocycles. The summed E-state index contributed by atoms with van der Waals surface area (Å²) in [4.78, 5) is 8.59. The number of benzene rings is 1. The van der Waals surface area contributed by atoms with Gasteiger partial charge in [0.1, 0.15) is 5.82 Å². The monoisotopic (exact) mass is 350 g/mol. The van der Waals surface area contributed by atoms with Gasteiger partial charge in [0.25, 0.3) is 0 Å². The molecule has 1 aliphatic rings. The number of nitrogens with one attached hydrogen (secondary N) is 1. The first-order chi connectivity index (χ1) is 12.7. The fourth-order valence-corrected chi connectivity index (χ4v) is 3.79. The molecule has 5 rings (SSSR count). The Labute approximate surface area is 148 Å². The zero-order valence-corrected chi connectivity index (χ0v) is 13.9. The number of pyridine rings is 2. The van der Waals surface area contributed by atoms with E-state index in [9.17, 15) is 8.78 Å². The molecular formula is C20H16F2N4. The van der Waals surface area contributed by atoms with Crippen molar-refractivity contribution in [2.24, 2.45) is 0 Å². The molecule has 26 heavy (non-hydrogen) atoms. The fraction of sp³-hybridized carbons (Fsp3) is 0.200. The quantitative estimate of drug-likeness (QED) is 0.553. The van der Waals surface area contributed by atoms with E-state index in [4.69, 9.17) is 0 Å². The van der Waals surface area contributed by atoms with Crippen LogP contribution in [0.1, 0.15) is 18.5 Å². The summed E-state index contributed by atoms with van der Waals surface area (Å²) in [5.41, 5.74) is 4.01. The van der Waals surface area contributed by atoms with Gasteiger partial charge in [0.15, 0.2) is 0 Å². The highest BCUT2D eigenvalue weighted by Gasteiger charge is 2.18. The summed E-state index contributed by atoms with van der Waals surface area (Å²) in [7, 11) is 0. The minimum absolute atomic E-state index is 0.495. The standard InChI is InChI=1S/C20H16F2N4/c21-20(22)26-17-5-7-23-11-16(17)15-4-3-12(9-18(15)26)14-8-13-2-1-6-24-19(13)25-10-14/h3-5,7-11,20H,1-2,6H2,(H,24,25). The SMILES string of the molecule is FC(F)n1c2ccncc2c2ccc(-c3cnc4c(c3)CCCN4)cc21. The van der Waals surface area contributed by atoms with E-state index >= 15 is 0 Å². The van der Waals surface area contributed by atoms with Crippen LogP contribution in [0.15, 0.2) is 48.9 Å². The maximum atomic E-state index is 13.7. The van der Waals surface area contributed by atoms with Crippen LogP contribution in [0, 0.1) is 0 Å². The first kappa shape index (κ1) is 15.3. The second kappa shape index (κ2) is 5.76. The van der Waals surface area contributed by atoms with E-state index in [1.165, 1.54) is 5.56 Å². The highest BCUT2D eigenvalue weighted by Crippen LogP contribution is 2.35. The molecule has 0 fully saturated rings. The Kier molecular flexibility index (Phi) is 3.38. The van der Waals surface area contributed by atoms with Crippen molar-refractivity contribution in [3.8, 4) is 11.1 Å². The number of alkyl halides is 2. The minimum atomic E-state index is -2.61. The van der Waals surface area contributed by atoms with Crippen molar-refractivity contribution in [1.29, 1.82) is 0 Å². The van der Waals surface area contributed by atoms with E-state index < -0.39 is 6.55 Å². The summed E-state index contributed by atoms with van der Waals surface area (Å²) in [5.74, 6) is 0.925. The topological polar surface area (TPSA) is 42.7 Å². The Morgan fingerprint density at radius 1 is 1.00 bits per heavy atom. The van der Waals surface area contributed by atoms with Gasteiger partial charge in [0.05, 0.1) is 11.0 Å². The molecule has 1 aromatic carbocycles. The van der Waals surface area contributed by atoms with Crippen LogP contribution >= 0.6 is 0 Å². The number of halogens is 2. The molecule has 0 spiro atoms. The molecule has 130 valence electrons. The van der Waals surface area contributed by atoms with Gasteiger partial charge in [0, 0.05) is 41.5 Å². The number of anilines is 1. The zero-order valence-electron chi connectivity index (χ0n) is 13.9. The van der Waals surface area contributed by atoms with E-state index in [1.54, 1.807) is 24.7 Å². The third-order valence-electron chi connectivity index (χ3n) is 5.02. The summed E-state index contributed by atoms with van der Waals surface area (Å²) in [5, 5.41) is 4.81. The van der Waals surface area contributed by atoms with Crippen molar-refractivity contribution in [3.05, 3.63) is 54.5 Å². The number of fused-ring (bicyclic) bond motifs is 4. The van der Waals surface area contributed by atoms with Crippen LogP contribution in [-0.4, -0.2) is 21.1 Å². The fourth-order valence-electron chi connectivity index (χ4n) is 3.79. The molecule has 4 aromatic rings. The van der Waals surface area contributed by atoms with Crippen LogP contribution < -0.4 is 5.32 Å². The number of nitrogens with zero attached hydrogens (tertiary/aromatic N) is 3. The Morgan fingerprint density at radius 3 is 2.81 bits per heavy atom. The molecule has 4 heterocycles. The molecule has 0 unspecified atom stereocenters. The molecule has 4 nitrogen and oxygen atoms in total. The van der Waals surface area contributed by atoms with Crippen LogP contribution in [0.3, 0.4) is 0 Å². The second-order valence-electron chi connectivity index (χ2n) is 6.53. The van der Waals surface area contributed by atoms with Crippen LogP contribution in [0.4, 0.5) is 14.6 Å². The number of hydrogen-bond acceptors (Lipinski definition) is 3. The highest BCUT2D eigenvalue weighted by atomic mass is 19.3. The van der Waals surface area contributed by atoms with E-state index in [0.29, 0.717) is 11.0 Å². The van der Waals surface area contributed by atoms with Gasteiger partial charge in [-0.05, 0) is 42.2 Å². The van der Waals surface area contributed by atoms with E-state index in [1.807, 2.05) is 18.2 Å². The van der Waals surface area contributed by atoms with Crippen molar-refractivity contribution in [2.45, 2.75) is 19.4 Å². The predicted molar refractivity (Wildman–Crippen MR) is 98.5 cm³/mol. The summed E-state index contributed by atoms with van der Waals surface area (Å²) >= 11 is 0. The maximum absolute atomic E-state index is 13.7. The van der Waals surface area contributed by atoms with Crippen molar-refractivity contribution < 1.29 is 8.78 Å². The Hall–Kier alpha value is -3.02. The van der Waals surface area contributed by atoms with Gasteiger partial charge in [-0.1, -0.05) is 12.1 Å². The summed E-state index contributed by atoms with van der Waals surface area (Å²) < 4.78 is 28.6. The number of hydrogen-bond donors (Lipinski definition) is 1. The highest BCUT2D eigenvalue weighted by molar-refractivity contribution is 6.08. The van der Waals surface area contributed by atoms with Crippen LogP contribution in [0.5, 0.6) is 0 Å². The Balaban J connectivity index is 1.73. The molecule has 0 aliphatic carbocycles. The van der Waals surface area contributed by atoms with Gasteiger partial charge in [-0.15, -0.1) is 0 Å². The van der Waals surface area contributed by atoms with E-state index in [0.717, 1.165) is 51.7 Å². The number of rotatable bonds is 2. The molecule has 6 heteroatoms. The molecule has 1 aliphatic heterocycles.